The number of fused-ring (bicyclic) bond motifs is 4. The molecule has 2 saturated carbocycles. The molecule has 3 saturated heterocycles. The lowest BCUT2D eigenvalue weighted by atomic mass is 9.88. The highest BCUT2D eigenvalue weighted by atomic mass is 32.2. The lowest BCUT2D eigenvalue weighted by Gasteiger charge is -2.57. The molecule has 5 heteroatoms. The lowest BCUT2D eigenvalue weighted by Crippen LogP contribution is -2.75. The molecule has 3 nitrogen and oxygen atoms in total. The molecule has 0 aromatic rings. The first-order valence-corrected chi connectivity index (χ1v) is 11.8. The molecule has 5 fully saturated rings. The van der Waals surface area contributed by atoms with Crippen molar-refractivity contribution in [1.29, 1.82) is 0 Å². The van der Waals surface area contributed by atoms with E-state index in [0.29, 0.717) is 12.3 Å². The SMILES string of the molecule is CC1C2SC3CCCCC3NC2NC2NC3CCCCC3SC21. The van der Waals surface area contributed by atoms with Crippen LogP contribution in [0.1, 0.15) is 58.3 Å². The summed E-state index contributed by atoms with van der Waals surface area (Å²) in [5, 5.41) is 15.3. The van der Waals surface area contributed by atoms with Gasteiger partial charge in [0.15, 0.2) is 0 Å². The van der Waals surface area contributed by atoms with Gasteiger partial charge >= 0.3 is 0 Å². The monoisotopic (exact) mass is 353 g/mol. The molecule has 8 atom stereocenters. The van der Waals surface area contributed by atoms with Crippen LogP contribution in [-0.4, -0.2) is 45.4 Å². The smallest absolute Gasteiger partial charge is 0.0712 e. The third-order valence-electron chi connectivity index (χ3n) is 6.91. The zero-order chi connectivity index (χ0) is 15.4. The van der Waals surface area contributed by atoms with Crippen molar-refractivity contribution in [1.82, 2.24) is 16.0 Å². The van der Waals surface area contributed by atoms with Crippen LogP contribution in [0.15, 0.2) is 0 Å². The van der Waals surface area contributed by atoms with Gasteiger partial charge in [-0.05, 0) is 31.6 Å². The maximum Gasteiger partial charge on any atom is 0.0712 e. The largest absolute Gasteiger partial charge is 0.297 e. The first-order chi connectivity index (χ1) is 11.3. The normalized spacial score (nSPS) is 56.0. The Balaban J connectivity index is 1.33. The van der Waals surface area contributed by atoms with E-state index in [1.54, 1.807) is 0 Å². The van der Waals surface area contributed by atoms with E-state index in [4.69, 9.17) is 0 Å². The minimum Gasteiger partial charge on any atom is -0.297 e. The highest BCUT2D eigenvalue weighted by molar-refractivity contribution is 8.01. The summed E-state index contributed by atoms with van der Waals surface area (Å²) in [5.41, 5.74) is 0. The van der Waals surface area contributed by atoms with E-state index in [-0.39, 0.29) is 0 Å². The van der Waals surface area contributed by atoms with Crippen molar-refractivity contribution in [3.05, 3.63) is 0 Å². The van der Waals surface area contributed by atoms with E-state index in [0.717, 1.165) is 39.0 Å². The van der Waals surface area contributed by atoms with Crippen LogP contribution in [0.25, 0.3) is 0 Å². The van der Waals surface area contributed by atoms with Crippen molar-refractivity contribution in [2.45, 2.75) is 104 Å². The average molecular weight is 354 g/mol. The van der Waals surface area contributed by atoms with E-state index >= 15 is 0 Å². The van der Waals surface area contributed by atoms with Crippen molar-refractivity contribution < 1.29 is 0 Å². The first kappa shape index (κ1) is 15.8. The van der Waals surface area contributed by atoms with Crippen LogP contribution in [0, 0.1) is 5.92 Å². The summed E-state index contributed by atoms with van der Waals surface area (Å²) in [5.74, 6) is 0.798. The van der Waals surface area contributed by atoms with Gasteiger partial charge in [-0.25, -0.2) is 0 Å². The van der Waals surface area contributed by atoms with Crippen LogP contribution < -0.4 is 16.0 Å². The van der Waals surface area contributed by atoms with E-state index < -0.39 is 0 Å². The molecule has 23 heavy (non-hydrogen) atoms. The zero-order valence-electron chi connectivity index (χ0n) is 14.2. The predicted octanol–water partition coefficient (Wildman–Crippen LogP) is 2.91. The molecule has 2 aliphatic carbocycles. The van der Waals surface area contributed by atoms with E-state index in [1.165, 1.54) is 51.4 Å². The molecule has 0 bridgehead atoms. The average Bonchev–Trinajstić information content (AvgIpc) is 2.59. The molecule has 0 amide bonds. The van der Waals surface area contributed by atoms with Gasteiger partial charge in [0.05, 0.1) is 12.3 Å². The summed E-state index contributed by atoms with van der Waals surface area (Å²) in [4.78, 5) is 0. The number of hydrogen-bond donors (Lipinski definition) is 3. The number of piperidine rings is 1. The number of nitrogens with one attached hydrogen (secondary N) is 3. The van der Waals surface area contributed by atoms with Crippen molar-refractivity contribution in [3.63, 3.8) is 0 Å². The fourth-order valence-electron chi connectivity index (χ4n) is 5.63. The van der Waals surface area contributed by atoms with Gasteiger partial charge in [-0.15, -0.1) is 0 Å². The van der Waals surface area contributed by atoms with Gasteiger partial charge in [-0.2, -0.15) is 23.5 Å². The third-order valence-corrected chi connectivity index (χ3v) is 10.8. The fraction of sp³-hybridized carbons (Fsp3) is 1.00. The lowest BCUT2D eigenvalue weighted by molar-refractivity contribution is 0.161. The second-order valence-electron chi connectivity index (χ2n) is 8.37. The molecule has 3 aliphatic heterocycles. The van der Waals surface area contributed by atoms with Crippen LogP contribution in [0.2, 0.25) is 0 Å². The predicted molar refractivity (Wildman–Crippen MR) is 101 cm³/mol. The standard InChI is InChI=1S/C18H31N3S2/c1-10-15-17(19-11-6-2-4-8-13(11)22-15)21-18-16(10)23-14-9-5-3-7-12(14)20-18/h10-21H,2-9H2,1H3. The Bertz CT molecular complexity index is 410. The van der Waals surface area contributed by atoms with Crippen LogP contribution in [0.3, 0.4) is 0 Å². The van der Waals surface area contributed by atoms with Gasteiger partial charge in [-0.3, -0.25) is 16.0 Å². The molecular weight excluding hydrogens is 322 g/mol. The minimum absolute atomic E-state index is 0.517. The van der Waals surface area contributed by atoms with Gasteiger partial charge in [-0.1, -0.05) is 32.6 Å². The van der Waals surface area contributed by atoms with Crippen LogP contribution in [-0.2, 0) is 0 Å². The van der Waals surface area contributed by atoms with Gasteiger partial charge in [0.2, 0.25) is 0 Å². The molecule has 0 aromatic heterocycles. The summed E-state index contributed by atoms with van der Waals surface area (Å²) < 4.78 is 0. The molecular formula is C18H31N3S2. The van der Waals surface area contributed by atoms with E-state index in [9.17, 15) is 0 Å². The molecule has 130 valence electrons. The molecule has 3 heterocycles. The molecule has 0 radical (unpaired) electrons. The maximum atomic E-state index is 4.01. The number of hydrogen-bond acceptors (Lipinski definition) is 5. The fourth-order valence-corrected chi connectivity index (χ4v) is 9.42. The van der Waals surface area contributed by atoms with Crippen LogP contribution in [0.4, 0.5) is 0 Å². The Kier molecular flexibility index (Phi) is 4.39. The number of thioether (sulfide) groups is 2. The maximum absolute atomic E-state index is 4.01. The van der Waals surface area contributed by atoms with Crippen molar-refractivity contribution in [2.75, 3.05) is 0 Å². The van der Waals surface area contributed by atoms with Crippen molar-refractivity contribution in [3.8, 4) is 0 Å². The molecule has 8 unspecified atom stereocenters. The quantitative estimate of drug-likeness (QED) is 0.624. The van der Waals surface area contributed by atoms with E-state index in [2.05, 4.69) is 46.4 Å². The summed E-state index contributed by atoms with van der Waals surface area (Å²) in [6.07, 6.45) is 12.4. The molecule has 3 N–H and O–H groups in total. The molecule has 0 aromatic carbocycles. The van der Waals surface area contributed by atoms with Crippen LogP contribution >= 0.6 is 23.5 Å². The van der Waals surface area contributed by atoms with Crippen LogP contribution in [0.5, 0.6) is 0 Å². The Labute approximate surface area is 149 Å². The Hall–Kier alpha value is 0.580. The van der Waals surface area contributed by atoms with Crippen molar-refractivity contribution >= 4 is 23.5 Å². The summed E-state index contributed by atoms with van der Waals surface area (Å²) in [7, 11) is 0. The second-order valence-corrected chi connectivity index (χ2v) is 11.2. The third kappa shape index (κ3) is 2.79. The summed E-state index contributed by atoms with van der Waals surface area (Å²) >= 11 is 4.65. The number of rotatable bonds is 0. The topological polar surface area (TPSA) is 36.1 Å². The minimum atomic E-state index is 0.517. The van der Waals surface area contributed by atoms with Gasteiger partial charge in [0.25, 0.3) is 0 Å². The van der Waals surface area contributed by atoms with Crippen molar-refractivity contribution in [2.24, 2.45) is 5.92 Å². The first-order valence-electron chi connectivity index (χ1n) is 9.89. The summed E-state index contributed by atoms with van der Waals surface area (Å²) in [6, 6.07) is 1.51. The molecule has 0 spiro atoms. The van der Waals surface area contributed by atoms with Gasteiger partial charge in [0, 0.05) is 33.1 Å². The highest BCUT2D eigenvalue weighted by Crippen LogP contribution is 2.47. The van der Waals surface area contributed by atoms with Gasteiger partial charge in [0.1, 0.15) is 0 Å². The van der Waals surface area contributed by atoms with Gasteiger partial charge < -0.3 is 0 Å². The zero-order valence-corrected chi connectivity index (χ0v) is 15.8. The molecule has 5 aliphatic rings. The molecule has 5 rings (SSSR count). The Morgan fingerprint density at radius 2 is 1.13 bits per heavy atom. The van der Waals surface area contributed by atoms with E-state index in [1.807, 2.05) is 0 Å². The second kappa shape index (κ2) is 6.39. The Morgan fingerprint density at radius 1 is 0.652 bits per heavy atom. The Morgan fingerprint density at radius 3 is 1.65 bits per heavy atom. The highest BCUT2D eigenvalue weighted by Gasteiger charge is 2.51. The summed E-state index contributed by atoms with van der Waals surface area (Å²) in [6.45, 7) is 2.53.